The molecule has 2 aromatic rings. The van der Waals surface area contributed by atoms with E-state index in [1.165, 1.54) is 18.6 Å². The summed E-state index contributed by atoms with van der Waals surface area (Å²) in [6, 6.07) is 6.28. The fourth-order valence-electron chi connectivity index (χ4n) is 2.70. The third kappa shape index (κ3) is 2.48. The number of benzene rings is 1. The molecule has 1 aromatic heterocycles. The lowest BCUT2D eigenvalue weighted by atomic mass is 10.1. The van der Waals surface area contributed by atoms with E-state index in [-0.39, 0.29) is 11.4 Å². The zero-order valence-electron chi connectivity index (χ0n) is 10.8. The van der Waals surface area contributed by atoms with Crippen molar-refractivity contribution in [2.24, 2.45) is 0 Å². The van der Waals surface area contributed by atoms with Crippen molar-refractivity contribution < 1.29 is 4.39 Å². The molecule has 0 saturated carbocycles. The number of nitrogens with zero attached hydrogens (tertiary/aromatic N) is 1. The van der Waals surface area contributed by atoms with E-state index in [1.54, 1.807) is 16.8 Å². The maximum absolute atomic E-state index is 12.9. The van der Waals surface area contributed by atoms with Crippen molar-refractivity contribution in [2.75, 3.05) is 0 Å². The summed E-state index contributed by atoms with van der Waals surface area (Å²) in [4.78, 5) is 12.3. The Kier molecular flexibility index (Phi) is 3.23. The molecule has 0 aliphatic heterocycles. The van der Waals surface area contributed by atoms with Gasteiger partial charge in [0.15, 0.2) is 0 Å². The molecule has 0 bridgehead atoms. The van der Waals surface area contributed by atoms with E-state index in [9.17, 15) is 9.18 Å². The van der Waals surface area contributed by atoms with E-state index >= 15 is 0 Å². The summed E-state index contributed by atoms with van der Waals surface area (Å²) in [6.45, 7) is 0.478. The highest BCUT2D eigenvalue weighted by atomic mass is 19.1. The first-order chi connectivity index (χ1) is 9.24. The van der Waals surface area contributed by atoms with Crippen molar-refractivity contribution in [3.8, 4) is 0 Å². The van der Waals surface area contributed by atoms with Crippen molar-refractivity contribution >= 4 is 0 Å². The molecule has 1 N–H and O–H groups in total. The number of hydrogen-bond donors (Lipinski definition) is 1. The first kappa shape index (κ1) is 12.2. The molecule has 1 heterocycles. The van der Waals surface area contributed by atoms with Gasteiger partial charge in [-0.2, -0.15) is 0 Å². The van der Waals surface area contributed by atoms with Crippen molar-refractivity contribution in [3.63, 3.8) is 0 Å². The molecule has 0 spiro atoms. The van der Waals surface area contributed by atoms with Gasteiger partial charge < -0.3 is 0 Å². The number of hydrogen-bond acceptors (Lipinski definition) is 1. The lowest BCUT2D eigenvalue weighted by Crippen LogP contribution is -2.19. The lowest BCUT2D eigenvalue weighted by Gasteiger charge is -2.02. The van der Waals surface area contributed by atoms with Crippen molar-refractivity contribution in [1.82, 2.24) is 9.78 Å². The minimum atomic E-state index is -0.252. The van der Waals surface area contributed by atoms with Crippen LogP contribution in [-0.4, -0.2) is 9.78 Å². The third-order valence-corrected chi connectivity index (χ3v) is 3.75. The van der Waals surface area contributed by atoms with Crippen LogP contribution in [0, 0.1) is 5.82 Å². The van der Waals surface area contributed by atoms with Gasteiger partial charge >= 0.3 is 0 Å². The predicted molar refractivity (Wildman–Crippen MR) is 71.8 cm³/mol. The molecule has 0 saturated heterocycles. The fraction of sp³-hybridized carbons (Fsp3) is 0.400. The highest BCUT2D eigenvalue weighted by Crippen LogP contribution is 2.16. The minimum Gasteiger partial charge on any atom is -0.299 e. The Morgan fingerprint density at radius 2 is 1.84 bits per heavy atom. The first-order valence-corrected chi connectivity index (χ1v) is 6.79. The number of nitrogens with one attached hydrogen (secondary N) is 1. The van der Waals surface area contributed by atoms with Crippen LogP contribution in [0.3, 0.4) is 0 Å². The number of aromatic amines is 1. The number of rotatable bonds is 2. The van der Waals surface area contributed by atoms with Crippen LogP contribution in [0.2, 0.25) is 0 Å². The Hall–Kier alpha value is -1.84. The van der Waals surface area contributed by atoms with Crippen LogP contribution in [0.1, 0.15) is 36.1 Å². The van der Waals surface area contributed by atoms with Crippen molar-refractivity contribution in [1.29, 1.82) is 0 Å². The molecular formula is C15H17FN2O. The zero-order chi connectivity index (χ0) is 13.2. The fourth-order valence-corrected chi connectivity index (χ4v) is 2.70. The summed E-state index contributed by atoms with van der Waals surface area (Å²) >= 11 is 0. The highest BCUT2D eigenvalue weighted by molar-refractivity contribution is 5.21. The van der Waals surface area contributed by atoms with Gasteiger partial charge in [0.2, 0.25) is 0 Å². The van der Waals surface area contributed by atoms with Crippen LogP contribution in [-0.2, 0) is 19.4 Å². The predicted octanol–water partition coefficient (Wildman–Crippen LogP) is 2.63. The van der Waals surface area contributed by atoms with Crippen molar-refractivity contribution in [2.45, 2.75) is 38.6 Å². The maximum Gasteiger partial charge on any atom is 0.270 e. The molecule has 19 heavy (non-hydrogen) atoms. The normalized spacial score (nSPS) is 15.0. The van der Waals surface area contributed by atoms with Crippen LogP contribution in [0.15, 0.2) is 29.1 Å². The SMILES string of the molecule is O=c1c2c([nH]n1Cc1ccc(F)cc1)CCCCC2. The molecule has 4 heteroatoms. The first-order valence-electron chi connectivity index (χ1n) is 6.79. The van der Waals surface area contributed by atoms with E-state index in [1.807, 2.05) is 0 Å². The average Bonchev–Trinajstić information content (AvgIpc) is 2.60. The summed E-state index contributed by atoms with van der Waals surface area (Å²) in [5.74, 6) is -0.252. The molecule has 3 nitrogen and oxygen atoms in total. The van der Waals surface area contributed by atoms with Crippen LogP contribution < -0.4 is 5.56 Å². The molecule has 1 aliphatic rings. The number of aryl methyl sites for hydroxylation is 1. The summed E-state index contributed by atoms with van der Waals surface area (Å²) in [5.41, 5.74) is 3.05. The minimum absolute atomic E-state index is 0.0845. The Morgan fingerprint density at radius 3 is 2.63 bits per heavy atom. The van der Waals surface area contributed by atoms with E-state index in [0.717, 1.165) is 42.5 Å². The second-order valence-electron chi connectivity index (χ2n) is 5.15. The molecule has 1 aromatic carbocycles. The standard InChI is InChI=1S/C15H17FN2O/c16-12-8-6-11(7-9-12)10-18-15(19)13-4-2-1-3-5-14(13)17-18/h6-9,17H,1-5,10H2. The Morgan fingerprint density at radius 1 is 1.11 bits per heavy atom. The molecule has 0 radical (unpaired) electrons. The maximum atomic E-state index is 12.9. The molecule has 100 valence electrons. The summed E-state index contributed by atoms with van der Waals surface area (Å²) < 4.78 is 14.5. The summed E-state index contributed by atoms with van der Waals surface area (Å²) in [6.07, 6.45) is 5.27. The molecule has 1 aliphatic carbocycles. The van der Waals surface area contributed by atoms with E-state index in [0.29, 0.717) is 6.54 Å². The van der Waals surface area contributed by atoms with E-state index in [4.69, 9.17) is 0 Å². The van der Waals surface area contributed by atoms with Crippen molar-refractivity contribution in [3.05, 3.63) is 57.3 Å². The lowest BCUT2D eigenvalue weighted by molar-refractivity contribution is 0.617. The van der Waals surface area contributed by atoms with Gasteiger partial charge in [0.05, 0.1) is 6.54 Å². The Balaban J connectivity index is 1.89. The molecule has 0 atom stereocenters. The van der Waals surface area contributed by atoms with Crippen LogP contribution in [0.4, 0.5) is 4.39 Å². The molecule has 0 amide bonds. The topological polar surface area (TPSA) is 37.8 Å². The number of fused-ring (bicyclic) bond motifs is 1. The van der Waals surface area contributed by atoms with Gasteiger partial charge in [-0.1, -0.05) is 18.6 Å². The number of aromatic nitrogens is 2. The monoisotopic (exact) mass is 260 g/mol. The molecular weight excluding hydrogens is 243 g/mol. The largest absolute Gasteiger partial charge is 0.299 e. The highest BCUT2D eigenvalue weighted by Gasteiger charge is 2.16. The summed E-state index contributed by atoms with van der Waals surface area (Å²) in [5, 5.41) is 3.22. The summed E-state index contributed by atoms with van der Waals surface area (Å²) in [7, 11) is 0. The van der Waals surface area contributed by atoms with Gasteiger partial charge in [-0.3, -0.25) is 9.89 Å². The second-order valence-corrected chi connectivity index (χ2v) is 5.15. The smallest absolute Gasteiger partial charge is 0.270 e. The van der Waals surface area contributed by atoms with Crippen LogP contribution in [0.25, 0.3) is 0 Å². The van der Waals surface area contributed by atoms with Crippen LogP contribution in [0.5, 0.6) is 0 Å². The van der Waals surface area contributed by atoms with Gasteiger partial charge in [-0.05, 0) is 43.4 Å². The van der Waals surface area contributed by atoms with Gasteiger partial charge in [-0.15, -0.1) is 0 Å². The second kappa shape index (κ2) is 5.03. The molecule has 3 rings (SSSR count). The van der Waals surface area contributed by atoms with Gasteiger partial charge in [0.25, 0.3) is 5.56 Å². The quantitative estimate of drug-likeness (QED) is 0.828. The van der Waals surface area contributed by atoms with Gasteiger partial charge in [0, 0.05) is 11.3 Å². The van der Waals surface area contributed by atoms with Gasteiger partial charge in [-0.25, -0.2) is 9.07 Å². The Labute approximate surface area is 111 Å². The molecule has 0 fully saturated rings. The van der Waals surface area contributed by atoms with Gasteiger partial charge in [0.1, 0.15) is 5.82 Å². The zero-order valence-corrected chi connectivity index (χ0v) is 10.8. The van der Waals surface area contributed by atoms with E-state index < -0.39 is 0 Å². The van der Waals surface area contributed by atoms with E-state index in [2.05, 4.69) is 5.10 Å². The average molecular weight is 260 g/mol. The number of halogens is 1. The Bertz CT molecular complexity index is 625. The third-order valence-electron chi connectivity index (χ3n) is 3.75. The van der Waals surface area contributed by atoms with Crippen LogP contribution >= 0.6 is 0 Å². The molecule has 0 unspecified atom stereocenters. The number of H-pyrrole nitrogens is 1.